The van der Waals surface area contributed by atoms with Crippen LogP contribution in [0.15, 0.2) is 12.4 Å². The second kappa shape index (κ2) is 5.41. The van der Waals surface area contributed by atoms with Crippen LogP contribution >= 0.6 is 0 Å². The number of hydrogen-bond donors (Lipinski definition) is 3. The molecular weight excluding hydrogens is 210 g/mol. The number of carboxylic acid groups (broad SMARTS) is 1. The van der Waals surface area contributed by atoms with Crippen molar-refractivity contribution in [3.63, 3.8) is 0 Å². The summed E-state index contributed by atoms with van der Waals surface area (Å²) in [6, 6.07) is -0.241. The predicted octanol–water partition coefficient (Wildman–Crippen LogP) is 0.604. The third-order valence-corrected chi connectivity index (χ3v) is 2.22. The van der Waals surface area contributed by atoms with Gasteiger partial charge in [-0.15, -0.1) is 0 Å². The lowest BCUT2D eigenvalue weighted by Gasteiger charge is -2.20. The molecule has 0 aromatic carbocycles. The van der Waals surface area contributed by atoms with Crippen molar-refractivity contribution in [2.75, 3.05) is 11.9 Å². The summed E-state index contributed by atoms with van der Waals surface area (Å²) in [5.74, 6) is -0.799. The lowest BCUT2D eigenvalue weighted by atomic mass is 10.1. The fourth-order valence-electron chi connectivity index (χ4n) is 1.20. The Bertz CT molecular complexity index is 368. The number of aliphatic hydroxyl groups excluding tert-OH is 1. The van der Waals surface area contributed by atoms with Crippen LogP contribution in [0.5, 0.6) is 0 Å². The van der Waals surface area contributed by atoms with Crippen molar-refractivity contribution in [1.82, 2.24) is 9.97 Å². The van der Waals surface area contributed by atoms with Crippen molar-refractivity contribution in [2.24, 2.45) is 5.92 Å². The maximum absolute atomic E-state index is 10.9. The Labute approximate surface area is 93.4 Å². The monoisotopic (exact) mass is 225 g/mol. The molecule has 0 fully saturated rings. The number of nitrogens with one attached hydrogen (secondary N) is 1. The van der Waals surface area contributed by atoms with Gasteiger partial charge in [0.25, 0.3) is 0 Å². The van der Waals surface area contributed by atoms with Gasteiger partial charge in [0, 0.05) is 12.4 Å². The van der Waals surface area contributed by atoms with E-state index < -0.39 is 5.97 Å². The molecule has 0 aliphatic carbocycles. The van der Waals surface area contributed by atoms with Gasteiger partial charge in [-0.2, -0.15) is 0 Å². The molecule has 0 spiro atoms. The molecule has 0 amide bonds. The van der Waals surface area contributed by atoms with Crippen LogP contribution in [0.3, 0.4) is 0 Å². The first-order valence-electron chi connectivity index (χ1n) is 4.98. The Morgan fingerprint density at radius 1 is 1.44 bits per heavy atom. The van der Waals surface area contributed by atoms with Gasteiger partial charge in [0.05, 0.1) is 12.6 Å². The van der Waals surface area contributed by atoms with Crippen molar-refractivity contribution in [3.8, 4) is 0 Å². The van der Waals surface area contributed by atoms with E-state index in [2.05, 4.69) is 15.3 Å². The molecule has 0 saturated heterocycles. The summed E-state index contributed by atoms with van der Waals surface area (Å²) in [6.07, 6.45) is 2.72. The van der Waals surface area contributed by atoms with Crippen molar-refractivity contribution >= 4 is 11.8 Å². The lowest BCUT2D eigenvalue weighted by molar-refractivity contribution is 0.0691. The molecule has 88 valence electrons. The van der Waals surface area contributed by atoms with Gasteiger partial charge in [0.15, 0.2) is 11.5 Å². The Morgan fingerprint density at radius 2 is 2.06 bits per heavy atom. The SMILES string of the molecule is CC(C)C(CO)Nc1nccnc1C(=O)O. The summed E-state index contributed by atoms with van der Waals surface area (Å²) in [5.41, 5.74) is -0.137. The summed E-state index contributed by atoms with van der Waals surface area (Å²) in [6.45, 7) is 3.75. The van der Waals surface area contributed by atoms with Crippen LogP contribution in [0.2, 0.25) is 0 Å². The van der Waals surface area contributed by atoms with Crippen molar-refractivity contribution < 1.29 is 15.0 Å². The summed E-state index contributed by atoms with van der Waals surface area (Å²) >= 11 is 0. The highest BCUT2D eigenvalue weighted by Crippen LogP contribution is 2.13. The maximum Gasteiger partial charge on any atom is 0.358 e. The molecule has 0 radical (unpaired) electrons. The van der Waals surface area contributed by atoms with Gasteiger partial charge in [-0.05, 0) is 5.92 Å². The first-order valence-corrected chi connectivity index (χ1v) is 4.98. The topological polar surface area (TPSA) is 95.3 Å². The van der Waals surface area contributed by atoms with E-state index >= 15 is 0 Å². The van der Waals surface area contributed by atoms with Gasteiger partial charge in [0.2, 0.25) is 0 Å². The normalized spacial score (nSPS) is 12.5. The highest BCUT2D eigenvalue weighted by atomic mass is 16.4. The van der Waals surface area contributed by atoms with Crippen LogP contribution in [0.1, 0.15) is 24.3 Å². The summed E-state index contributed by atoms with van der Waals surface area (Å²) < 4.78 is 0. The minimum absolute atomic E-state index is 0.0900. The van der Waals surface area contributed by atoms with Crippen LogP contribution in [-0.4, -0.2) is 38.8 Å². The number of aromatic nitrogens is 2. The van der Waals surface area contributed by atoms with Crippen LogP contribution in [-0.2, 0) is 0 Å². The highest BCUT2D eigenvalue weighted by molar-refractivity contribution is 5.90. The first kappa shape index (κ1) is 12.4. The molecule has 6 nitrogen and oxygen atoms in total. The number of nitrogens with zero attached hydrogens (tertiary/aromatic N) is 2. The second-order valence-corrected chi connectivity index (χ2v) is 3.74. The van der Waals surface area contributed by atoms with E-state index in [0.717, 1.165) is 0 Å². The van der Waals surface area contributed by atoms with E-state index in [9.17, 15) is 4.79 Å². The van der Waals surface area contributed by atoms with Gasteiger partial charge >= 0.3 is 5.97 Å². The zero-order valence-corrected chi connectivity index (χ0v) is 9.21. The molecule has 16 heavy (non-hydrogen) atoms. The summed E-state index contributed by atoms with van der Waals surface area (Å²) in [5, 5.41) is 20.9. The molecule has 1 aromatic rings. The Kier molecular flexibility index (Phi) is 4.19. The molecule has 0 saturated carbocycles. The predicted molar refractivity (Wildman–Crippen MR) is 58.3 cm³/mol. The van der Waals surface area contributed by atoms with E-state index in [1.54, 1.807) is 0 Å². The molecular formula is C10H15N3O3. The third kappa shape index (κ3) is 2.90. The molecule has 1 heterocycles. The molecule has 1 aromatic heterocycles. The number of rotatable bonds is 5. The van der Waals surface area contributed by atoms with E-state index in [-0.39, 0.29) is 30.1 Å². The number of carbonyl (C=O) groups is 1. The van der Waals surface area contributed by atoms with Crippen molar-refractivity contribution in [1.29, 1.82) is 0 Å². The fraction of sp³-hybridized carbons (Fsp3) is 0.500. The van der Waals surface area contributed by atoms with Gasteiger partial charge < -0.3 is 15.5 Å². The highest BCUT2D eigenvalue weighted by Gasteiger charge is 2.18. The Hall–Kier alpha value is -1.69. The largest absolute Gasteiger partial charge is 0.476 e. The minimum Gasteiger partial charge on any atom is -0.476 e. The Morgan fingerprint density at radius 3 is 2.56 bits per heavy atom. The van der Waals surface area contributed by atoms with E-state index in [1.165, 1.54) is 12.4 Å². The third-order valence-electron chi connectivity index (χ3n) is 2.22. The van der Waals surface area contributed by atoms with Gasteiger partial charge in [-0.3, -0.25) is 0 Å². The average Bonchev–Trinajstić information content (AvgIpc) is 2.25. The van der Waals surface area contributed by atoms with Crippen LogP contribution in [0.25, 0.3) is 0 Å². The first-order chi connectivity index (χ1) is 7.56. The van der Waals surface area contributed by atoms with Gasteiger partial charge in [-0.1, -0.05) is 13.8 Å². The van der Waals surface area contributed by atoms with Crippen molar-refractivity contribution in [2.45, 2.75) is 19.9 Å². The number of hydrogen-bond acceptors (Lipinski definition) is 5. The number of anilines is 1. The van der Waals surface area contributed by atoms with E-state index in [4.69, 9.17) is 10.2 Å². The van der Waals surface area contributed by atoms with Crippen molar-refractivity contribution in [3.05, 3.63) is 18.1 Å². The van der Waals surface area contributed by atoms with Crippen LogP contribution in [0.4, 0.5) is 5.82 Å². The number of aliphatic hydroxyl groups is 1. The molecule has 1 unspecified atom stereocenters. The summed E-state index contributed by atoms with van der Waals surface area (Å²) in [4.78, 5) is 18.5. The summed E-state index contributed by atoms with van der Waals surface area (Å²) in [7, 11) is 0. The zero-order chi connectivity index (χ0) is 12.1. The average molecular weight is 225 g/mol. The molecule has 1 rings (SSSR count). The van der Waals surface area contributed by atoms with E-state index in [0.29, 0.717) is 0 Å². The quantitative estimate of drug-likeness (QED) is 0.679. The number of carboxylic acids is 1. The van der Waals surface area contributed by atoms with Crippen LogP contribution < -0.4 is 5.32 Å². The smallest absolute Gasteiger partial charge is 0.358 e. The van der Waals surface area contributed by atoms with Crippen LogP contribution in [0, 0.1) is 5.92 Å². The molecule has 3 N–H and O–H groups in total. The fourth-order valence-corrected chi connectivity index (χ4v) is 1.20. The van der Waals surface area contributed by atoms with E-state index in [1.807, 2.05) is 13.8 Å². The maximum atomic E-state index is 10.9. The molecule has 0 bridgehead atoms. The standard InChI is InChI=1S/C10H15N3O3/c1-6(2)7(5-14)13-9-8(10(15)16)11-3-4-12-9/h3-4,6-7,14H,5H2,1-2H3,(H,12,13)(H,15,16). The molecule has 0 aliphatic heterocycles. The second-order valence-electron chi connectivity index (χ2n) is 3.74. The number of aromatic carboxylic acids is 1. The Balaban J connectivity index is 2.91. The van der Waals surface area contributed by atoms with Gasteiger partial charge in [-0.25, -0.2) is 14.8 Å². The molecule has 1 atom stereocenters. The molecule has 0 aliphatic rings. The minimum atomic E-state index is -1.14. The zero-order valence-electron chi connectivity index (χ0n) is 9.21. The molecule has 6 heteroatoms. The lowest BCUT2D eigenvalue weighted by Crippen LogP contribution is -2.30. The van der Waals surface area contributed by atoms with Gasteiger partial charge in [0.1, 0.15) is 0 Å².